The monoisotopic (exact) mass is 315 g/mol. The van der Waals surface area contributed by atoms with E-state index in [1.165, 1.54) is 0 Å². The highest BCUT2D eigenvalue weighted by atomic mass is 16.5. The van der Waals surface area contributed by atoms with Crippen LogP contribution < -0.4 is 5.32 Å². The second kappa shape index (κ2) is 8.18. The molecule has 0 spiro atoms. The van der Waals surface area contributed by atoms with Crippen LogP contribution in [0.3, 0.4) is 0 Å². The molecule has 0 aromatic heterocycles. The summed E-state index contributed by atoms with van der Waals surface area (Å²) in [6.45, 7) is 3.66. The Balaban J connectivity index is 1.79. The number of rotatable bonds is 4. The number of benzene rings is 1. The van der Waals surface area contributed by atoms with E-state index < -0.39 is 0 Å². The van der Waals surface area contributed by atoms with Gasteiger partial charge in [0.1, 0.15) is 0 Å². The molecule has 1 fully saturated rings. The van der Waals surface area contributed by atoms with E-state index in [4.69, 9.17) is 10.00 Å². The number of amides is 2. The molecule has 1 aromatic rings. The number of carbonyl (C=O) groups is 2. The van der Waals surface area contributed by atoms with Crippen molar-refractivity contribution in [2.75, 3.05) is 19.7 Å². The van der Waals surface area contributed by atoms with Crippen LogP contribution in [0.1, 0.15) is 30.9 Å². The molecule has 0 radical (unpaired) electrons. The van der Waals surface area contributed by atoms with Crippen LogP contribution in [-0.2, 0) is 16.1 Å². The second-order valence-electron chi connectivity index (χ2n) is 5.48. The summed E-state index contributed by atoms with van der Waals surface area (Å²) in [5, 5.41) is 11.7. The lowest BCUT2D eigenvalue weighted by atomic mass is 9.97. The Hall–Kier alpha value is -2.55. The number of nitrogens with one attached hydrogen (secondary N) is 1. The summed E-state index contributed by atoms with van der Waals surface area (Å²) in [7, 11) is 0. The average Bonchev–Trinajstić information content (AvgIpc) is 2.60. The highest BCUT2D eigenvalue weighted by Gasteiger charge is 2.27. The van der Waals surface area contributed by atoms with E-state index in [-0.39, 0.29) is 17.9 Å². The zero-order chi connectivity index (χ0) is 16.7. The molecule has 2 amide bonds. The van der Waals surface area contributed by atoms with Gasteiger partial charge in [0, 0.05) is 19.6 Å². The first-order chi connectivity index (χ1) is 11.1. The molecule has 1 N–H and O–H groups in total. The van der Waals surface area contributed by atoms with Gasteiger partial charge in [-0.3, -0.25) is 4.79 Å². The SMILES string of the molecule is CCOC(=O)C1CCN(C(=O)NCc2cccc(C#N)c2)CC1. The number of ether oxygens (including phenoxy) is 1. The van der Waals surface area contributed by atoms with Gasteiger partial charge in [-0.2, -0.15) is 5.26 Å². The van der Waals surface area contributed by atoms with E-state index in [0.717, 1.165) is 5.56 Å². The highest BCUT2D eigenvalue weighted by Crippen LogP contribution is 2.18. The lowest BCUT2D eigenvalue weighted by Crippen LogP contribution is -2.45. The van der Waals surface area contributed by atoms with Gasteiger partial charge in [0.15, 0.2) is 0 Å². The fourth-order valence-electron chi connectivity index (χ4n) is 2.62. The summed E-state index contributed by atoms with van der Waals surface area (Å²) in [5.41, 5.74) is 1.46. The standard InChI is InChI=1S/C17H21N3O3/c1-2-23-16(21)15-6-8-20(9-7-15)17(22)19-12-14-5-3-4-13(10-14)11-18/h3-5,10,15H,2,6-9,12H2,1H3,(H,19,22). The molecule has 6 heteroatoms. The molecular formula is C17H21N3O3. The first-order valence-electron chi connectivity index (χ1n) is 7.82. The van der Waals surface area contributed by atoms with Crippen LogP contribution >= 0.6 is 0 Å². The lowest BCUT2D eigenvalue weighted by molar-refractivity contribution is -0.149. The normalized spacial score (nSPS) is 14.9. The molecule has 1 saturated heterocycles. The van der Waals surface area contributed by atoms with Crippen LogP contribution in [0.15, 0.2) is 24.3 Å². The lowest BCUT2D eigenvalue weighted by Gasteiger charge is -2.30. The first kappa shape index (κ1) is 16.8. The van der Waals surface area contributed by atoms with Crippen LogP contribution in [0.2, 0.25) is 0 Å². The van der Waals surface area contributed by atoms with Gasteiger partial charge >= 0.3 is 12.0 Å². The summed E-state index contributed by atoms with van der Waals surface area (Å²) in [6.07, 6.45) is 1.27. The van der Waals surface area contributed by atoms with Crippen molar-refractivity contribution in [2.45, 2.75) is 26.3 Å². The van der Waals surface area contributed by atoms with Crippen molar-refractivity contribution in [3.63, 3.8) is 0 Å². The maximum Gasteiger partial charge on any atom is 0.317 e. The topological polar surface area (TPSA) is 82.4 Å². The minimum absolute atomic E-state index is 0.105. The summed E-state index contributed by atoms with van der Waals surface area (Å²) in [5.74, 6) is -0.271. The predicted octanol–water partition coefficient (Wildman–Crippen LogP) is 2.04. The summed E-state index contributed by atoms with van der Waals surface area (Å²) < 4.78 is 5.02. The second-order valence-corrected chi connectivity index (χ2v) is 5.48. The van der Waals surface area contributed by atoms with Gasteiger partial charge in [0.25, 0.3) is 0 Å². The van der Waals surface area contributed by atoms with Crippen molar-refractivity contribution < 1.29 is 14.3 Å². The number of carbonyl (C=O) groups excluding carboxylic acids is 2. The molecule has 122 valence electrons. The third kappa shape index (κ3) is 4.71. The Labute approximate surface area is 136 Å². The van der Waals surface area contributed by atoms with Gasteiger partial charge in [0.2, 0.25) is 0 Å². The van der Waals surface area contributed by atoms with Crippen molar-refractivity contribution in [2.24, 2.45) is 5.92 Å². The smallest absolute Gasteiger partial charge is 0.317 e. The molecule has 0 aliphatic carbocycles. The molecule has 1 aliphatic rings. The van der Waals surface area contributed by atoms with Crippen LogP contribution in [0.5, 0.6) is 0 Å². The third-order valence-corrected chi connectivity index (χ3v) is 3.90. The van der Waals surface area contributed by atoms with Gasteiger partial charge in [-0.25, -0.2) is 4.79 Å². The molecule has 0 unspecified atom stereocenters. The summed E-state index contributed by atoms with van der Waals surface area (Å²) >= 11 is 0. The zero-order valence-electron chi connectivity index (χ0n) is 13.2. The number of urea groups is 1. The molecule has 0 bridgehead atoms. The average molecular weight is 315 g/mol. The highest BCUT2D eigenvalue weighted by molar-refractivity contribution is 5.76. The van der Waals surface area contributed by atoms with Crippen LogP contribution in [0.4, 0.5) is 4.79 Å². The fourth-order valence-corrected chi connectivity index (χ4v) is 2.62. The van der Waals surface area contributed by atoms with Crippen molar-refractivity contribution >= 4 is 12.0 Å². The quantitative estimate of drug-likeness (QED) is 0.862. The Morgan fingerprint density at radius 2 is 2.13 bits per heavy atom. The Bertz CT molecular complexity index is 601. The van der Waals surface area contributed by atoms with E-state index in [1.807, 2.05) is 6.07 Å². The molecule has 1 heterocycles. The van der Waals surface area contributed by atoms with Crippen molar-refractivity contribution in [3.8, 4) is 6.07 Å². The number of hydrogen-bond acceptors (Lipinski definition) is 4. The van der Waals surface area contributed by atoms with E-state index in [1.54, 1.807) is 30.0 Å². The minimum Gasteiger partial charge on any atom is -0.466 e. The summed E-state index contributed by atoms with van der Waals surface area (Å²) in [6, 6.07) is 9.08. The van der Waals surface area contributed by atoms with E-state index in [9.17, 15) is 9.59 Å². The van der Waals surface area contributed by atoms with Crippen LogP contribution in [0.25, 0.3) is 0 Å². The van der Waals surface area contributed by atoms with Crippen molar-refractivity contribution in [3.05, 3.63) is 35.4 Å². The molecule has 0 atom stereocenters. The molecule has 1 aromatic carbocycles. The van der Waals surface area contributed by atoms with Gasteiger partial charge in [0.05, 0.1) is 24.2 Å². The number of nitrogens with zero attached hydrogens (tertiary/aromatic N) is 2. The number of esters is 1. The van der Waals surface area contributed by atoms with Crippen LogP contribution in [0, 0.1) is 17.2 Å². The number of nitriles is 1. The van der Waals surface area contributed by atoms with E-state index in [0.29, 0.717) is 44.6 Å². The zero-order valence-corrected chi connectivity index (χ0v) is 13.2. The molecule has 0 saturated carbocycles. The number of hydrogen-bond donors (Lipinski definition) is 1. The minimum atomic E-state index is -0.166. The Kier molecular flexibility index (Phi) is 5.98. The molecule has 2 rings (SSSR count). The summed E-state index contributed by atoms with van der Waals surface area (Å²) in [4.78, 5) is 25.6. The molecule has 23 heavy (non-hydrogen) atoms. The third-order valence-electron chi connectivity index (χ3n) is 3.90. The van der Waals surface area contributed by atoms with Gasteiger partial charge in [-0.05, 0) is 37.5 Å². The number of piperidine rings is 1. The molecule has 1 aliphatic heterocycles. The molecular weight excluding hydrogens is 294 g/mol. The maximum atomic E-state index is 12.2. The van der Waals surface area contributed by atoms with Gasteiger partial charge in [-0.15, -0.1) is 0 Å². The Morgan fingerprint density at radius 3 is 2.78 bits per heavy atom. The van der Waals surface area contributed by atoms with Gasteiger partial charge < -0.3 is 15.0 Å². The first-order valence-corrected chi connectivity index (χ1v) is 7.82. The van der Waals surface area contributed by atoms with E-state index >= 15 is 0 Å². The van der Waals surface area contributed by atoms with Crippen LogP contribution in [-0.4, -0.2) is 36.6 Å². The van der Waals surface area contributed by atoms with Gasteiger partial charge in [-0.1, -0.05) is 12.1 Å². The maximum absolute atomic E-state index is 12.2. The fraction of sp³-hybridized carbons (Fsp3) is 0.471. The Morgan fingerprint density at radius 1 is 1.39 bits per heavy atom. The van der Waals surface area contributed by atoms with Crippen molar-refractivity contribution in [1.82, 2.24) is 10.2 Å². The number of likely N-dealkylation sites (tertiary alicyclic amines) is 1. The largest absolute Gasteiger partial charge is 0.466 e. The van der Waals surface area contributed by atoms with E-state index in [2.05, 4.69) is 11.4 Å². The predicted molar refractivity (Wildman–Crippen MR) is 84.3 cm³/mol. The van der Waals surface area contributed by atoms with Crippen molar-refractivity contribution in [1.29, 1.82) is 5.26 Å². The molecule has 6 nitrogen and oxygen atoms in total.